The van der Waals surface area contributed by atoms with Gasteiger partial charge in [-0.25, -0.2) is 0 Å². The van der Waals surface area contributed by atoms with Gasteiger partial charge >= 0.3 is 5.97 Å². The Morgan fingerprint density at radius 3 is 2.83 bits per heavy atom. The maximum absolute atomic E-state index is 11.1. The first-order valence-corrected chi connectivity index (χ1v) is 4.11. The van der Waals surface area contributed by atoms with E-state index in [1.807, 2.05) is 0 Å². The van der Waals surface area contributed by atoms with Crippen molar-refractivity contribution in [3.8, 4) is 0 Å². The topological polar surface area (TPSA) is 55.4 Å². The van der Waals surface area contributed by atoms with Gasteiger partial charge in [-0.1, -0.05) is 0 Å². The number of carbonyl (C=O) groups is 2. The summed E-state index contributed by atoms with van der Waals surface area (Å²) in [6.07, 6.45) is 0.444. The molecule has 0 saturated carbocycles. The van der Waals surface area contributed by atoms with Crippen LogP contribution in [0.4, 0.5) is 0 Å². The fourth-order valence-electron chi connectivity index (χ4n) is 1.13. The zero-order valence-corrected chi connectivity index (χ0v) is 7.29. The molecule has 1 heterocycles. The van der Waals surface area contributed by atoms with Gasteiger partial charge in [-0.05, 0) is 13.8 Å². The first-order valence-electron chi connectivity index (χ1n) is 4.11. The van der Waals surface area contributed by atoms with Crippen LogP contribution in [-0.2, 0) is 14.3 Å². The van der Waals surface area contributed by atoms with Crippen LogP contribution in [0.3, 0.4) is 0 Å². The van der Waals surface area contributed by atoms with Crippen LogP contribution in [0, 0.1) is 5.92 Å². The van der Waals surface area contributed by atoms with Gasteiger partial charge in [0.15, 0.2) is 0 Å². The van der Waals surface area contributed by atoms with Crippen molar-refractivity contribution in [2.75, 3.05) is 6.61 Å². The maximum Gasteiger partial charge on any atom is 0.310 e. The molecule has 0 unspecified atom stereocenters. The third-order valence-corrected chi connectivity index (χ3v) is 2.01. The van der Waals surface area contributed by atoms with Crippen molar-refractivity contribution in [1.82, 2.24) is 5.32 Å². The van der Waals surface area contributed by atoms with Crippen LogP contribution in [0.15, 0.2) is 0 Å². The minimum atomic E-state index is -0.234. The highest BCUT2D eigenvalue weighted by atomic mass is 16.5. The minimum absolute atomic E-state index is 0.0103. The minimum Gasteiger partial charge on any atom is -0.466 e. The lowest BCUT2D eigenvalue weighted by molar-refractivity contribution is -0.150. The van der Waals surface area contributed by atoms with Gasteiger partial charge in [-0.15, -0.1) is 0 Å². The molecular formula is C8H13NO3. The number of carbonyl (C=O) groups excluding carboxylic acids is 2. The third kappa shape index (κ3) is 1.75. The van der Waals surface area contributed by atoms with E-state index in [-0.39, 0.29) is 23.8 Å². The summed E-state index contributed by atoms with van der Waals surface area (Å²) in [5.41, 5.74) is 0. The summed E-state index contributed by atoms with van der Waals surface area (Å²) in [5.74, 6) is -0.443. The van der Waals surface area contributed by atoms with E-state index in [1.54, 1.807) is 13.8 Å². The predicted molar refractivity (Wildman–Crippen MR) is 42.3 cm³/mol. The second-order valence-electron chi connectivity index (χ2n) is 2.92. The van der Waals surface area contributed by atoms with Crippen LogP contribution in [0.25, 0.3) is 0 Å². The summed E-state index contributed by atoms with van der Waals surface area (Å²) >= 11 is 0. The van der Waals surface area contributed by atoms with Crippen LogP contribution >= 0.6 is 0 Å². The van der Waals surface area contributed by atoms with Gasteiger partial charge in [0.1, 0.15) is 0 Å². The summed E-state index contributed by atoms with van der Waals surface area (Å²) in [4.78, 5) is 21.6. The van der Waals surface area contributed by atoms with Crippen molar-refractivity contribution in [2.24, 2.45) is 5.92 Å². The fourth-order valence-corrected chi connectivity index (χ4v) is 1.13. The van der Waals surface area contributed by atoms with E-state index in [2.05, 4.69) is 5.32 Å². The molecule has 1 rings (SSSR count). The molecule has 1 aliphatic heterocycles. The van der Waals surface area contributed by atoms with Gasteiger partial charge < -0.3 is 10.1 Å². The molecule has 1 aliphatic rings. The second-order valence-corrected chi connectivity index (χ2v) is 2.92. The molecule has 2 atom stereocenters. The lowest BCUT2D eigenvalue weighted by Gasteiger charge is -2.30. The number of nitrogens with one attached hydrogen (secondary N) is 1. The number of β-lactam (4-membered cyclic amide) rings is 1. The molecule has 0 aromatic rings. The number of esters is 1. The van der Waals surface area contributed by atoms with Gasteiger partial charge in [-0.2, -0.15) is 0 Å². The number of hydrogen-bond donors (Lipinski definition) is 1. The molecule has 4 nitrogen and oxygen atoms in total. The van der Waals surface area contributed by atoms with Crippen molar-refractivity contribution in [2.45, 2.75) is 26.3 Å². The van der Waals surface area contributed by atoms with Gasteiger partial charge in [0.25, 0.3) is 0 Å². The van der Waals surface area contributed by atoms with E-state index in [0.29, 0.717) is 13.0 Å². The highest BCUT2D eigenvalue weighted by molar-refractivity contribution is 5.85. The molecule has 1 amide bonds. The van der Waals surface area contributed by atoms with Crippen LogP contribution in [-0.4, -0.2) is 24.5 Å². The average molecular weight is 171 g/mol. The lowest BCUT2D eigenvalue weighted by Crippen LogP contribution is -2.54. The Bertz CT molecular complexity index is 194. The SMILES string of the molecule is CCOC(=O)[C@@H](C)[C@@H]1CC(=O)N1. The Morgan fingerprint density at radius 2 is 2.42 bits per heavy atom. The van der Waals surface area contributed by atoms with E-state index in [1.165, 1.54) is 0 Å². The highest BCUT2D eigenvalue weighted by Gasteiger charge is 2.34. The monoisotopic (exact) mass is 171 g/mol. The normalized spacial score (nSPS) is 23.8. The second kappa shape index (κ2) is 3.56. The Hall–Kier alpha value is -1.06. The molecule has 68 valence electrons. The summed E-state index contributed by atoms with van der Waals surface area (Å²) in [5, 5.41) is 2.64. The molecular weight excluding hydrogens is 158 g/mol. The van der Waals surface area contributed by atoms with Gasteiger partial charge in [0, 0.05) is 6.42 Å². The van der Waals surface area contributed by atoms with Crippen molar-refractivity contribution < 1.29 is 14.3 Å². The molecule has 0 radical (unpaired) electrons. The first-order chi connectivity index (χ1) is 5.65. The Kier molecular flexibility index (Phi) is 2.68. The van der Waals surface area contributed by atoms with E-state index < -0.39 is 0 Å². The van der Waals surface area contributed by atoms with E-state index in [4.69, 9.17) is 4.74 Å². The number of ether oxygens (including phenoxy) is 1. The fraction of sp³-hybridized carbons (Fsp3) is 0.750. The Balaban J connectivity index is 2.32. The molecule has 1 saturated heterocycles. The van der Waals surface area contributed by atoms with Crippen LogP contribution in [0.2, 0.25) is 0 Å². The molecule has 0 aromatic carbocycles. The molecule has 0 aromatic heterocycles. The molecule has 4 heteroatoms. The smallest absolute Gasteiger partial charge is 0.310 e. The van der Waals surface area contributed by atoms with Gasteiger partial charge in [0.2, 0.25) is 5.91 Å². The third-order valence-electron chi connectivity index (χ3n) is 2.01. The van der Waals surface area contributed by atoms with Crippen molar-refractivity contribution in [3.63, 3.8) is 0 Å². The van der Waals surface area contributed by atoms with E-state index >= 15 is 0 Å². The molecule has 1 fully saturated rings. The molecule has 12 heavy (non-hydrogen) atoms. The van der Waals surface area contributed by atoms with Crippen molar-refractivity contribution >= 4 is 11.9 Å². The lowest BCUT2D eigenvalue weighted by atomic mass is 9.93. The Labute approximate surface area is 71.3 Å². The quantitative estimate of drug-likeness (QED) is 0.483. The summed E-state index contributed by atoms with van der Waals surface area (Å²) in [7, 11) is 0. The first kappa shape index (κ1) is 9.03. The molecule has 1 N–H and O–H groups in total. The molecule has 0 aliphatic carbocycles. The van der Waals surface area contributed by atoms with Crippen molar-refractivity contribution in [3.05, 3.63) is 0 Å². The number of hydrogen-bond acceptors (Lipinski definition) is 3. The summed E-state index contributed by atoms with van der Waals surface area (Å²) < 4.78 is 4.81. The van der Waals surface area contributed by atoms with Gasteiger partial charge in [-0.3, -0.25) is 9.59 Å². The summed E-state index contributed by atoms with van der Waals surface area (Å²) in [6, 6.07) is -0.0171. The van der Waals surface area contributed by atoms with Crippen molar-refractivity contribution in [1.29, 1.82) is 0 Å². The number of amides is 1. The zero-order valence-electron chi connectivity index (χ0n) is 7.29. The highest BCUT2D eigenvalue weighted by Crippen LogP contribution is 2.15. The van der Waals surface area contributed by atoms with E-state index in [9.17, 15) is 9.59 Å². The largest absolute Gasteiger partial charge is 0.466 e. The number of rotatable bonds is 3. The Morgan fingerprint density at radius 1 is 1.83 bits per heavy atom. The van der Waals surface area contributed by atoms with Gasteiger partial charge in [0.05, 0.1) is 18.6 Å². The zero-order chi connectivity index (χ0) is 9.14. The standard InChI is InChI=1S/C8H13NO3/c1-3-12-8(11)5(2)6-4-7(10)9-6/h5-6H,3-4H2,1-2H3,(H,9,10)/t5-,6-/m0/s1. The van der Waals surface area contributed by atoms with E-state index in [0.717, 1.165) is 0 Å². The predicted octanol–water partition coefficient (Wildman–Crippen LogP) is 0.0741. The summed E-state index contributed by atoms with van der Waals surface area (Å²) in [6.45, 7) is 3.93. The average Bonchev–Trinajstić information content (AvgIpc) is 1.98. The molecule has 0 spiro atoms. The van der Waals surface area contributed by atoms with Crippen LogP contribution in [0.5, 0.6) is 0 Å². The maximum atomic E-state index is 11.1. The van der Waals surface area contributed by atoms with Crippen LogP contribution < -0.4 is 5.32 Å². The van der Waals surface area contributed by atoms with Crippen LogP contribution in [0.1, 0.15) is 20.3 Å². The molecule has 0 bridgehead atoms.